The van der Waals surface area contributed by atoms with Gasteiger partial charge in [0.1, 0.15) is 12.0 Å². The number of carbonyl (C=O) groups excluding carboxylic acids is 1. The third-order valence-corrected chi connectivity index (χ3v) is 12.6. The minimum absolute atomic E-state index is 0.0000643. The van der Waals surface area contributed by atoms with E-state index in [0.717, 1.165) is 25.7 Å². The average molecular weight is 665 g/mol. The second-order valence-electron chi connectivity index (χ2n) is 20.9. The molecule has 0 saturated carbocycles. The first-order chi connectivity index (χ1) is 20.8. The molecule has 2 N–H and O–H groups in total. The predicted molar refractivity (Wildman–Crippen MR) is 194 cm³/mol. The first-order valence-corrected chi connectivity index (χ1v) is 18.4. The molecule has 2 fully saturated rings. The molecule has 7 heteroatoms. The number of carbonyl (C=O) groups is 2. The molecule has 2 aliphatic rings. The molecular formula is C40H76N2O5. The van der Waals surface area contributed by atoms with Crippen molar-refractivity contribution < 1.29 is 24.5 Å². The number of rotatable bonds is 12. The predicted octanol–water partition coefficient (Wildman–Crippen LogP) is 8.81. The lowest BCUT2D eigenvalue weighted by molar-refractivity contribution is -0.168. The molecule has 2 heterocycles. The SMILES string of the molecule is CN1C(C)(C)CC(C(CC(C)(CCC(C(O)CC(C)(C)C)C(C)(C)C)OC(=O)CC(=O)O)C2CC(C)(C)N(C)C(C)(C)C2)CC1(C)C. The number of carboxylic acids is 1. The van der Waals surface area contributed by atoms with Gasteiger partial charge in [0, 0.05) is 22.2 Å². The van der Waals surface area contributed by atoms with Crippen LogP contribution in [-0.2, 0) is 14.3 Å². The average Bonchev–Trinajstić information content (AvgIpc) is 2.81. The molecule has 3 unspecified atom stereocenters. The van der Waals surface area contributed by atoms with Crippen LogP contribution in [0.3, 0.4) is 0 Å². The molecule has 2 rings (SSSR count). The Bertz CT molecular complexity index is 1000. The van der Waals surface area contributed by atoms with Crippen LogP contribution in [0.5, 0.6) is 0 Å². The summed E-state index contributed by atoms with van der Waals surface area (Å²) < 4.78 is 6.33. The van der Waals surface area contributed by atoms with Gasteiger partial charge in [0.2, 0.25) is 0 Å². The second-order valence-corrected chi connectivity index (χ2v) is 20.9. The van der Waals surface area contributed by atoms with E-state index >= 15 is 0 Å². The topological polar surface area (TPSA) is 90.3 Å². The van der Waals surface area contributed by atoms with Gasteiger partial charge in [0.05, 0.1) is 6.10 Å². The van der Waals surface area contributed by atoms with Crippen LogP contribution in [-0.4, -0.2) is 79.9 Å². The van der Waals surface area contributed by atoms with Gasteiger partial charge in [-0.2, -0.15) is 0 Å². The summed E-state index contributed by atoms with van der Waals surface area (Å²) in [4.78, 5) is 29.9. The van der Waals surface area contributed by atoms with E-state index < -0.39 is 30.1 Å². The van der Waals surface area contributed by atoms with E-state index in [0.29, 0.717) is 37.5 Å². The van der Waals surface area contributed by atoms with E-state index in [1.54, 1.807) is 0 Å². The number of likely N-dealkylation sites (tertiary alicyclic amines) is 2. The molecule has 0 amide bonds. The number of nitrogens with zero attached hydrogens (tertiary/aromatic N) is 2. The largest absolute Gasteiger partial charge is 0.481 e. The fourth-order valence-corrected chi connectivity index (χ4v) is 9.78. The Kier molecular flexibility index (Phi) is 12.7. The van der Waals surface area contributed by atoms with E-state index in [2.05, 4.69) is 121 Å². The summed E-state index contributed by atoms with van der Waals surface area (Å²) in [5.74, 6) is -0.726. The van der Waals surface area contributed by atoms with Crippen molar-refractivity contribution in [3.63, 3.8) is 0 Å². The van der Waals surface area contributed by atoms with Crippen LogP contribution < -0.4 is 0 Å². The Labute approximate surface area is 290 Å². The zero-order chi connectivity index (χ0) is 36.8. The monoisotopic (exact) mass is 665 g/mol. The lowest BCUT2D eigenvalue weighted by Crippen LogP contribution is -2.62. The standard InChI is InChI=1S/C40H76N2O5/c1-34(2,3)26-31(43)30(35(4,5)6)18-19-40(15,47-33(46)20-32(44)45)25-29(27-21-36(7,8)41(16)37(9,10)22-27)28-23-38(11,12)42(17)39(13,14)24-28/h27-31,43H,18-26H2,1-17H3,(H,44,45). The van der Waals surface area contributed by atoms with Crippen molar-refractivity contribution in [1.82, 2.24) is 9.80 Å². The molecule has 47 heavy (non-hydrogen) atoms. The minimum Gasteiger partial charge on any atom is -0.481 e. The Balaban J connectivity index is 2.64. The van der Waals surface area contributed by atoms with Gasteiger partial charge in [-0.3, -0.25) is 19.4 Å². The van der Waals surface area contributed by atoms with E-state index in [4.69, 9.17) is 4.74 Å². The zero-order valence-electron chi connectivity index (χ0n) is 33.8. The van der Waals surface area contributed by atoms with E-state index in [1.807, 2.05) is 6.92 Å². The quantitative estimate of drug-likeness (QED) is 0.159. The summed E-state index contributed by atoms with van der Waals surface area (Å²) in [5, 5.41) is 21.1. The van der Waals surface area contributed by atoms with E-state index in [1.165, 1.54) is 0 Å². The van der Waals surface area contributed by atoms with Crippen molar-refractivity contribution in [2.45, 2.75) is 196 Å². The van der Waals surface area contributed by atoms with Crippen molar-refractivity contribution >= 4 is 11.9 Å². The highest BCUT2D eigenvalue weighted by molar-refractivity contribution is 5.90. The van der Waals surface area contributed by atoms with E-state index in [-0.39, 0.29) is 44.8 Å². The fraction of sp³-hybridized carbons (Fsp3) is 0.950. The number of esters is 1. The van der Waals surface area contributed by atoms with Crippen LogP contribution in [0.2, 0.25) is 0 Å². The number of carboxylic acid groups (broad SMARTS) is 1. The Morgan fingerprint density at radius 3 is 1.45 bits per heavy atom. The van der Waals surface area contributed by atoms with Crippen LogP contribution in [0.4, 0.5) is 0 Å². The van der Waals surface area contributed by atoms with Crippen molar-refractivity contribution in [3.8, 4) is 0 Å². The molecule has 2 saturated heterocycles. The Morgan fingerprint density at radius 1 is 0.745 bits per heavy atom. The van der Waals surface area contributed by atoms with Crippen LogP contribution in [0.1, 0.15) is 162 Å². The van der Waals surface area contributed by atoms with Crippen LogP contribution >= 0.6 is 0 Å². The lowest BCUT2D eigenvalue weighted by atomic mass is 9.59. The van der Waals surface area contributed by atoms with Gasteiger partial charge >= 0.3 is 11.9 Å². The summed E-state index contributed by atoms with van der Waals surface area (Å²) in [7, 11) is 4.50. The maximum absolute atomic E-state index is 13.2. The third kappa shape index (κ3) is 11.2. The van der Waals surface area contributed by atoms with Crippen LogP contribution in [0.15, 0.2) is 0 Å². The van der Waals surface area contributed by atoms with Gasteiger partial charge in [0.25, 0.3) is 0 Å². The molecule has 0 aromatic rings. The van der Waals surface area contributed by atoms with Crippen molar-refractivity contribution in [2.75, 3.05) is 14.1 Å². The first-order valence-electron chi connectivity index (χ1n) is 18.4. The molecule has 3 atom stereocenters. The zero-order valence-corrected chi connectivity index (χ0v) is 33.8. The van der Waals surface area contributed by atoms with Gasteiger partial charge < -0.3 is 14.9 Å². The van der Waals surface area contributed by atoms with Crippen molar-refractivity contribution in [1.29, 1.82) is 0 Å². The first kappa shape index (κ1) is 42.0. The molecule has 7 nitrogen and oxygen atoms in total. The van der Waals surface area contributed by atoms with Gasteiger partial charge in [-0.15, -0.1) is 0 Å². The second kappa shape index (κ2) is 14.2. The van der Waals surface area contributed by atoms with Gasteiger partial charge in [-0.05, 0) is 162 Å². The smallest absolute Gasteiger partial charge is 0.317 e. The highest BCUT2D eigenvalue weighted by atomic mass is 16.6. The maximum atomic E-state index is 13.2. The summed E-state index contributed by atoms with van der Waals surface area (Å²) in [5.41, 5.74) is -1.01. The summed E-state index contributed by atoms with van der Waals surface area (Å²) in [6, 6.07) is 0. The number of aliphatic hydroxyl groups is 1. The third-order valence-electron chi connectivity index (χ3n) is 12.6. The van der Waals surface area contributed by atoms with Gasteiger partial charge in [0.15, 0.2) is 0 Å². The number of hydrogen-bond acceptors (Lipinski definition) is 6. The maximum Gasteiger partial charge on any atom is 0.317 e. The Morgan fingerprint density at radius 2 is 1.13 bits per heavy atom. The molecule has 0 aromatic carbocycles. The highest BCUT2D eigenvalue weighted by Crippen LogP contribution is 2.53. The van der Waals surface area contributed by atoms with Gasteiger partial charge in [-0.25, -0.2) is 0 Å². The summed E-state index contributed by atoms with van der Waals surface area (Å²) in [6.07, 6.45) is 5.73. The van der Waals surface area contributed by atoms with Crippen molar-refractivity contribution in [3.05, 3.63) is 0 Å². The molecule has 0 spiro atoms. The van der Waals surface area contributed by atoms with Crippen LogP contribution in [0, 0.1) is 34.5 Å². The normalized spacial score (nSPS) is 25.3. The molecule has 0 radical (unpaired) electrons. The summed E-state index contributed by atoms with van der Waals surface area (Å²) in [6.45, 7) is 34.0. The molecule has 0 aromatic heterocycles. The Hall–Kier alpha value is -1.18. The molecule has 0 aliphatic carbocycles. The molecule has 276 valence electrons. The minimum atomic E-state index is -1.17. The van der Waals surface area contributed by atoms with Gasteiger partial charge in [-0.1, -0.05) is 41.5 Å². The highest BCUT2D eigenvalue weighted by Gasteiger charge is 2.52. The molecule has 0 bridgehead atoms. The summed E-state index contributed by atoms with van der Waals surface area (Å²) >= 11 is 0. The van der Waals surface area contributed by atoms with E-state index in [9.17, 15) is 19.8 Å². The molecular weight excluding hydrogens is 588 g/mol. The number of hydrogen-bond donors (Lipinski definition) is 2. The fourth-order valence-electron chi connectivity index (χ4n) is 9.78. The number of aliphatic carboxylic acids is 1. The molecule has 2 aliphatic heterocycles. The number of piperidine rings is 2. The number of aliphatic hydroxyl groups excluding tert-OH is 1. The van der Waals surface area contributed by atoms with Crippen LogP contribution in [0.25, 0.3) is 0 Å². The lowest BCUT2D eigenvalue weighted by Gasteiger charge is -2.59. The van der Waals surface area contributed by atoms with Crippen molar-refractivity contribution in [2.24, 2.45) is 34.5 Å². The number of ether oxygens (including phenoxy) is 1.